The summed E-state index contributed by atoms with van der Waals surface area (Å²) in [7, 11) is 0. The van der Waals surface area contributed by atoms with Crippen LogP contribution in [0.2, 0.25) is 0 Å². The largest absolute Gasteiger partial charge is 0.453 e. The van der Waals surface area contributed by atoms with Gasteiger partial charge in [-0.05, 0) is 61.6 Å². The average molecular weight is 262 g/mol. The van der Waals surface area contributed by atoms with Crippen molar-refractivity contribution in [1.82, 2.24) is 0 Å². The Morgan fingerprint density at radius 2 is 1.89 bits per heavy atom. The fourth-order valence-electron chi connectivity index (χ4n) is 3.59. The summed E-state index contributed by atoms with van der Waals surface area (Å²) in [6.07, 6.45) is 3.10. The van der Waals surface area contributed by atoms with E-state index in [0.717, 1.165) is 30.8 Å². The Bertz CT molecular complexity index is 507. The predicted octanol–water partition coefficient (Wildman–Crippen LogP) is 3.08. The molecule has 2 atom stereocenters. The standard InChI is InChI=1S/C16H22O3/c1-4-12-5-11(7-17)6-13-9(2)10(3)15-16(14(12)13)19-8-18-15/h11-12,17H,4-8H2,1-3H3/t11-,12+/m0/s1. The van der Waals surface area contributed by atoms with E-state index in [0.29, 0.717) is 18.6 Å². The first-order valence-corrected chi connectivity index (χ1v) is 7.19. The zero-order chi connectivity index (χ0) is 13.6. The van der Waals surface area contributed by atoms with Crippen molar-refractivity contribution in [2.24, 2.45) is 5.92 Å². The Morgan fingerprint density at radius 3 is 2.58 bits per heavy atom. The molecule has 0 aromatic heterocycles. The molecule has 19 heavy (non-hydrogen) atoms. The molecule has 0 radical (unpaired) electrons. The first-order chi connectivity index (χ1) is 9.17. The molecule has 1 aromatic carbocycles. The number of aliphatic hydroxyl groups is 1. The molecule has 104 valence electrons. The minimum Gasteiger partial charge on any atom is -0.453 e. The molecule has 0 amide bonds. The molecule has 3 rings (SSSR count). The quantitative estimate of drug-likeness (QED) is 0.890. The van der Waals surface area contributed by atoms with E-state index in [1.54, 1.807) is 0 Å². The van der Waals surface area contributed by atoms with Crippen molar-refractivity contribution in [3.05, 3.63) is 22.3 Å². The van der Waals surface area contributed by atoms with Crippen LogP contribution in [-0.2, 0) is 6.42 Å². The number of ether oxygens (including phenoxy) is 2. The number of fused-ring (bicyclic) bond motifs is 3. The molecule has 0 spiro atoms. The van der Waals surface area contributed by atoms with Gasteiger partial charge in [-0.25, -0.2) is 0 Å². The maximum absolute atomic E-state index is 9.53. The smallest absolute Gasteiger partial charge is 0.231 e. The lowest BCUT2D eigenvalue weighted by atomic mass is 9.73. The van der Waals surface area contributed by atoms with Crippen LogP contribution in [0.3, 0.4) is 0 Å². The fourth-order valence-corrected chi connectivity index (χ4v) is 3.59. The summed E-state index contributed by atoms with van der Waals surface area (Å²) in [6, 6.07) is 0. The lowest BCUT2D eigenvalue weighted by molar-refractivity contribution is 0.170. The van der Waals surface area contributed by atoms with E-state index in [1.807, 2.05) is 0 Å². The van der Waals surface area contributed by atoms with Crippen molar-refractivity contribution in [2.45, 2.75) is 46.0 Å². The van der Waals surface area contributed by atoms with Gasteiger partial charge in [-0.3, -0.25) is 0 Å². The van der Waals surface area contributed by atoms with Gasteiger partial charge in [0, 0.05) is 12.2 Å². The Balaban J connectivity index is 2.20. The molecule has 1 N–H and O–H groups in total. The maximum atomic E-state index is 9.53. The van der Waals surface area contributed by atoms with Gasteiger partial charge < -0.3 is 14.6 Å². The van der Waals surface area contributed by atoms with Gasteiger partial charge in [0.2, 0.25) is 6.79 Å². The number of aliphatic hydroxyl groups excluding tert-OH is 1. The highest BCUT2D eigenvalue weighted by molar-refractivity contribution is 5.62. The molecule has 0 unspecified atom stereocenters. The molecular weight excluding hydrogens is 240 g/mol. The Hall–Kier alpha value is -1.22. The molecule has 2 aliphatic rings. The van der Waals surface area contributed by atoms with Gasteiger partial charge in [0.1, 0.15) is 0 Å². The van der Waals surface area contributed by atoms with Crippen molar-refractivity contribution < 1.29 is 14.6 Å². The van der Waals surface area contributed by atoms with E-state index in [1.165, 1.54) is 22.3 Å². The van der Waals surface area contributed by atoms with Crippen LogP contribution >= 0.6 is 0 Å². The highest BCUT2D eigenvalue weighted by atomic mass is 16.7. The fraction of sp³-hybridized carbons (Fsp3) is 0.625. The van der Waals surface area contributed by atoms with Gasteiger partial charge in [0.05, 0.1) is 0 Å². The first kappa shape index (κ1) is 12.8. The number of hydrogen-bond acceptors (Lipinski definition) is 3. The van der Waals surface area contributed by atoms with Crippen molar-refractivity contribution in [1.29, 1.82) is 0 Å². The molecule has 0 saturated carbocycles. The minimum absolute atomic E-state index is 0.281. The molecule has 1 aliphatic heterocycles. The van der Waals surface area contributed by atoms with Crippen LogP contribution in [0.15, 0.2) is 0 Å². The minimum atomic E-state index is 0.281. The van der Waals surface area contributed by atoms with E-state index >= 15 is 0 Å². The van der Waals surface area contributed by atoms with Crippen LogP contribution in [-0.4, -0.2) is 18.5 Å². The SMILES string of the molecule is CC[C@@H]1C[C@H](CO)Cc2c(C)c(C)c3c(c21)OCO3. The summed E-state index contributed by atoms with van der Waals surface area (Å²) < 4.78 is 11.4. The van der Waals surface area contributed by atoms with E-state index in [9.17, 15) is 5.11 Å². The summed E-state index contributed by atoms with van der Waals surface area (Å²) in [5, 5.41) is 9.53. The summed E-state index contributed by atoms with van der Waals surface area (Å²) in [6.45, 7) is 7.11. The van der Waals surface area contributed by atoms with Gasteiger partial charge in [-0.15, -0.1) is 0 Å². The molecule has 1 aliphatic carbocycles. The third kappa shape index (κ3) is 1.83. The zero-order valence-corrected chi connectivity index (χ0v) is 12.0. The zero-order valence-electron chi connectivity index (χ0n) is 12.0. The lowest BCUT2D eigenvalue weighted by Gasteiger charge is -2.32. The summed E-state index contributed by atoms with van der Waals surface area (Å²) in [5.74, 6) is 2.78. The average Bonchev–Trinajstić information content (AvgIpc) is 2.92. The summed E-state index contributed by atoms with van der Waals surface area (Å²) >= 11 is 0. The Morgan fingerprint density at radius 1 is 1.16 bits per heavy atom. The third-order valence-electron chi connectivity index (χ3n) is 4.81. The lowest BCUT2D eigenvalue weighted by Crippen LogP contribution is -2.23. The van der Waals surface area contributed by atoms with Crippen LogP contribution < -0.4 is 9.47 Å². The van der Waals surface area contributed by atoms with Crippen molar-refractivity contribution in [3.63, 3.8) is 0 Å². The molecule has 3 nitrogen and oxygen atoms in total. The van der Waals surface area contributed by atoms with Gasteiger partial charge in [-0.1, -0.05) is 6.92 Å². The van der Waals surface area contributed by atoms with Crippen LogP contribution in [0.4, 0.5) is 0 Å². The predicted molar refractivity (Wildman–Crippen MR) is 74.0 cm³/mol. The second-order valence-corrected chi connectivity index (χ2v) is 5.80. The molecule has 0 saturated heterocycles. The first-order valence-electron chi connectivity index (χ1n) is 7.19. The van der Waals surface area contributed by atoms with Gasteiger partial charge >= 0.3 is 0 Å². The molecule has 1 heterocycles. The van der Waals surface area contributed by atoms with E-state index in [2.05, 4.69) is 20.8 Å². The van der Waals surface area contributed by atoms with Crippen LogP contribution in [0.25, 0.3) is 0 Å². The molecule has 3 heteroatoms. The van der Waals surface area contributed by atoms with Crippen molar-refractivity contribution in [2.75, 3.05) is 13.4 Å². The number of rotatable bonds is 2. The van der Waals surface area contributed by atoms with Gasteiger partial charge in [0.15, 0.2) is 11.5 Å². The Labute approximate surface area is 114 Å². The van der Waals surface area contributed by atoms with Gasteiger partial charge in [0.25, 0.3) is 0 Å². The number of hydrogen-bond donors (Lipinski definition) is 1. The summed E-state index contributed by atoms with van der Waals surface area (Å²) in [5.41, 5.74) is 5.25. The number of benzene rings is 1. The second kappa shape index (κ2) is 4.71. The topological polar surface area (TPSA) is 38.7 Å². The van der Waals surface area contributed by atoms with Crippen LogP contribution in [0.1, 0.15) is 47.9 Å². The van der Waals surface area contributed by atoms with E-state index in [4.69, 9.17) is 9.47 Å². The van der Waals surface area contributed by atoms with Crippen LogP contribution in [0.5, 0.6) is 11.5 Å². The second-order valence-electron chi connectivity index (χ2n) is 5.80. The monoisotopic (exact) mass is 262 g/mol. The molecule has 0 fully saturated rings. The molecule has 1 aromatic rings. The molecular formula is C16H22O3. The van der Waals surface area contributed by atoms with Gasteiger partial charge in [-0.2, -0.15) is 0 Å². The molecule has 0 bridgehead atoms. The third-order valence-corrected chi connectivity index (χ3v) is 4.81. The van der Waals surface area contributed by atoms with Crippen LogP contribution in [0, 0.1) is 19.8 Å². The normalized spacial score (nSPS) is 24.4. The van der Waals surface area contributed by atoms with E-state index in [-0.39, 0.29) is 6.61 Å². The van der Waals surface area contributed by atoms with Crippen molar-refractivity contribution >= 4 is 0 Å². The Kier molecular flexibility index (Phi) is 3.17. The highest BCUT2D eigenvalue weighted by Crippen LogP contribution is 2.50. The van der Waals surface area contributed by atoms with Crippen molar-refractivity contribution in [3.8, 4) is 11.5 Å². The highest BCUT2D eigenvalue weighted by Gasteiger charge is 2.34. The maximum Gasteiger partial charge on any atom is 0.231 e. The van der Waals surface area contributed by atoms with E-state index < -0.39 is 0 Å². The summed E-state index contributed by atoms with van der Waals surface area (Å²) in [4.78, 5) is 0.